The molecule has 1 aromatic heterocycles. The van der Waals surface area contributed by atoms with Gasteiger partial charge in [-0.2, -0.15) is 4.39 Å². The first-order valence-corrected chi connectivity index (χ1v) is 3.56. The Hall–Kier alpha value is -1.23. The van der Waals surface area contributed by atoms with Crippen LogP contribution in [0.2, 0.25) is 0 Å². The van der Waals surface area contributed by atoms with E-state index in [1.165, 1.54) is 0 Å². The Bertz CT molecular complexity index is 278. The molecule has 1 aliphatic heterocycles. The van der Waals surface area contributed by atoms with Crippen molar-refractivity contribution in [1.29, 1.82) is 0 Å². The van der Waals surface area contributed by atoms with Crippen LogP contribution in [-0.4, -0.2) is 29.3 Å². The normalized spacial score (nSPS) is 17.1. The highest BCUT2D eigenvalue weighted by molar-refractivity contribution is 5.06. The summed E-state index contributed by atoms with van der Waals surface area (Å²) in [6.07, 6.45) is 1.14. The molecule has 0 saturated carbocycles. The van der Waals surface area contributed by atoms with Crippen molar-refractivity contribution >= 4 is 0 Å². The first-order valence-electron chi connectivity index (χ1n) is 3.56. The molecule has 1 fully saturated rings. The van der Waals surface area contributed by atoms with Crippen LogP contribution >= 0.6 is 0 Å². The van der Waals surface area contributed by atoms with Gasteiger partial charge in [0.15, 0.2) is 0 Å². The van der Waals surface area contributed by atoms with E-state index in [9.17, 15) is 4.39 Å². The molecule has 1 aromatic rings. The highest BCUT2D eigenvalue weighted by Crippen LogP contribution is 2.12. The van der Waals surface area contributed by atoms with Crippen LogP contribution in [0.25, 0.3) is 0 Å². The molecule has 0 aliphatic carbocycles. The summed E-state index contributed by atoms with van der Waals surface area (Å²) in [4.78, 5) is 7.03. The fourth-order valence-corrected chi connectivity index (χ4v) is 0.835. The lowest BCUT2D eigenvalue weighted by molar-refractivity contribution is -0.0815. The maximum Gasteiger partial charge on any atom is 0.219 e. The highest BCUT2D eigenvalue weighted by atomic mass is 19.1. The SMILES string of the molecule is Fc1cc(OC2COC2)ncn1. The zero-order chi connectivity index (χ0) is 8.39. The Morgan fingerprint density at radius 2 is 2.33 bits per heavy atom. The molecule has 0 bridgehead atoms. The average molecular weight is 170 g/mol. The van der Waals surface area contributed by atoms with Crippen LogP contribution in [0.4, 0.5) is 4.39 Å². The van der Waals surface area contributed by atoms with E-state index in [1.807, 2.05) is 0 Å². The smallest absolute Gasteiger partial charge is 0.219 e. The molecule has 0 atom stereocenters. The van der Waals surface area contributed by atoms with Crippen molar-refractivity contribution in [3.63, 3.8) is 0 Å². The average Bonchev–Trinajstić information content (AvgIpc) is 1.97. The van der Waals surface area contributed by atoms with E-state index in [0.717, 1.165) is 12.4 Å². The second kappa shape index (κ2) is 3.02. The standard InChI is InChI=1S/C7H7FN2O2/c8-6-1-7(10-4-9-6)12-5-2-11-3-5/h1,4-5H,2-3H2. The predicted molar refractivity (Wildman–Crippen MR) is 37.2 cm³/mol. The topological polar surface area (TPSA) is 44.2 Å². The molecule has 0 N–H and O–H groups in total. The fourth-order valence-electron chi connectivity index (χ4n) is 0.835. The lowest BCUT2D eigenvalue weighted by Crippen LogP contribution is -2.38. The minimum absolute atomic E-state index is 0.0132. The van der Waals surface area contributed by atoms with Gasteiger partial charge in [-0.3, -0.25) is 0 Å². The molecule has 1 aliphatic rings. The van der Waals surface area contributed by atoms with Crippen molar-refractivity contribution in [3.8, 4) is 5.88 Å². The molecule has 0 unspecified atom stereocenters. The van der Waals surface area contributed by atoms with Crippen LogP contribution in [0.15, 0.2) is 12.4 Å². The Labute approximate surface area is 68.4 Å². The number of nitrogens with zero attached hydrogens (tertiary/aromatic N) is 2. The van der Waals surface area contributed by atoms with Crippen molar-refractivity contribution in [2.75, 3.05) is 13.2 Å². The van der Waals surface area contributed by atoms with E-state index < -0.39 is 5.95 Å². The van der Waals surface area contributed by atoms with E-state index in [0.29, 0.717) is 13.2 Å². The largest absolute Gasteiger partial charge is 0.469 e. The van der Waals surface area contributed by atoms with Crippen molar-refractivity contribution in [2.24, 2.45) is 0 Å². The van der Waals surface area contributed by atoms with E-state index in [-0.39, 0.29) is 12.0 Å². The van der Waals surface area contributed by atoms with Gasteiger partial charge in [-0.1, -0.05) is 0 Å². The van der Waals surface area contributed by atoms with Crippen LogP contribution in [0.1, 0.15) is 0 Å². The number of ether oxygens (including phenoxy) is 2. The number of aromatic nitrogens is 2. The second-order valence-corrected chi connectivity index (χ2v) is 2.46. The Kier molecular flexibility index (Phi) is 1.87. The molecular formula is C7H7FN2O2. The van der Waals surface area contributed by atoms with Crippen LogP contribution in [0.3, 0.4) is 0 Å². The molecule has 0 aromatic carbocycles. The van der Waals surface area contributed by atoms with Crippen LogP contribution in [0, 0.1) is 5.95 Å². The summed E-state index contributed by atoms with van der Waals surface area (Å²) in [5.74, 6) is -0.323. The zero-order valence-corrected chi connectivity index (χ0v) is 6.24. The lowest BCUT2D eigenvalue weighted by Gasteiger charge is -2.25. The van der Waals surface area contributed by atoms with Crippen LogP contribution < -0.4 is 4.74 Å². The molecule has 0 spiro atoms. The molecule has 2 heterocycles. The van der Waals surface area contributed by atoms with Crippen molar-refractivity contribution in [2.45, 2.75) is 6.10 Å². The molecule has 2 rings (SSSR count). The van der Waals surface area contributed by atoms with E-state index in [1.54, 1.807) is 0 Å². The third kappa shape index (κ3) is 1.50. The first-order chi connectivity index (χ1) is 5.84. The molecular weight excluding hydrogens is 163 g/mol. The maximum absolute atomic E-state index is 12.5. The molecule has 5 heteroatoms. The molecule has 0 radical (unpaired) electrons. The van der Waals surface area contributed by atoms with E-state index >= 15 is 0 Å². The zero-order valence-electron chi connectivity index (χ0n) is 6.24. The number of rotatable bonds is 2. The Morgan fingerprint density at radius 3 is 2.92 bits per heavy atom. The fraction of sp³-hybridized carbons (Fsp3) is 0.429. The highest BCUT2D eigenvalue weighted by Gasteiger charge is 2.20. The summed E-state index contributed by atoms with van der Waals surface area (Å²) < 4.78 is 22.6. The van der Waals surface area contributed by atoms with Gasteiger partial charge < -0.3 is 9.47 Å². The number of hydrogen-bond acceptors (Lipinski definition) is 4. The van der Waals surface area contributed by atoms with E-state index in [4.69, 9.17) is 9.47 Å². The minimum Gasteiger partial charge on any atom is -0.469 e. The summed E-state index contributed by atoms with van der Waals surface area (Å²) >= 11 is 0. The minimum atomic E-state index is -0.583. The van der Waals surface area contributed by atoms with Gasteiger partial charge >= 0.3 is 0 Å². The molecule has 12 heavy (non-hydrogen) atoms. The first kappa shape index (κ1) is 7.42. The predicted octanol–water partition coefficient (Wildman–Crippen LogP) is 0.393. The Morgan fingerprint density at radius 1 is 1.50 bits per heavy atom. The molecule has 4 nitrogen and oxygen atoms in total. The quantitative estimate of drug-likeness (QED) is 0.602. The van der Waals surface area contributed by atoms with Gasteiger partial charge in [0.05, 0.1) is 19.3 Å². The lowest BCUT2D eigenvalue weighted by atomic mass is 10.3. The van der Waals surface area contributed by atoms with Crippen LogP contribution in [-0.2, 0) is 4.74 Å². The Balaban J connectivity index is 2.02. The monoisotopic (exact) mass is 170 g/mol. The van der Waals surface area contributed by atoms with Crippen molar-refractivity contribution in [1.82, 2.24) is 9.97 Å². The third-order valence-corrected chi connectivity index (χ3v) is 1.50. The summed E-state index contributed by atoms with van der Waals surface area (Å²) in [5.41, 5.74) is 0. The second-order valence-electron chi connectivity index (χ2n) is 2.46. The molecule has 0 amide bonds. The van der Waals surface area contributed by atoms with Gasteiger partial charge in [-0.15, -0.1) is 0 Å². The van der Waals surface area contributed by atoms with Crippen molar-refractivity contribution in [3.05, 3.63) is 18.3 Å². The van der Waals surface area contributed by atoms with Gasteiger partial charge in [0.1, 0.15) is 12.4 Å². The van der Waals surface area contributed by atoms with Gasteiger partial charge in [-0.05, 0) is 0 Å². The third-order valence-electron chi connectivity index (χ3n) is 1.50. The molecule has 1 saturated heterocycles. The van der Waals surface area contributed by atoms with Gasteiger partial charge in [0.2, 0.25) is 11.8 Å². The van der Waals surface area contributed by atoms with E-state index in [2.05, 4.69) is 9.97 Å². The van der Waals surface area contributed by atoms with Gasteiger partial charge in [-0.25, -0.2) is 9.97 Å². The van der Waals surface area contributed by atoms with Crippen LogP contribution in [0.5, 0.6) is 5.88 Å². The molecule has 64 valence electrons. The number of halogens is 1. The maximum atomic E-state index is 12.5. The van der Waals surface area contributed by atoms with Gasteiger partial charge in [0.25, 0.3) is 0 Å². The summed E-state index contributed by atoms with van der Waals surface area (Å²) in [5, 5.41) is 0. The summed E-state index contributed by atoms with van der Waals surface area (Å²) in [6, 6.07) is 1.15. The summed E-state index contributed by atoms with van der Waals surface area (Å²) in [7, 11) is 0. The van der Waals surface area contributed by atoms with Gasteiger partial charge in [0, 0.05) is 0 Å². The number of hydrogen-bond donors (Lipinski definition) is 0. The van der Waals surface area contributed by atoms with Crippen molar-refractivity contribution < 1.29 is 13.9 Å². The summed E-state index contributed by atoms with van der Waals surface area (Å²) in [6.45, 7) is 1.09.